The van der Waals surface area contributed by atoms with Gasteiger partial charge < -0.3 is 9.13 Å². The van der Waals surface area contributed by atoms with Gasteiger partial charge in [-0.2, -0.15) is 0 Å². The molecule has 0 saturated heterocycles. The zero-order valence-electron chi connectivity index (χ0n) is 22.3. The number of fused-ring (bicyclic) bond motifs is 1. The first kappa shape index (κ1) is 24.7. The highest BCUT2D eigenvalue weighted by Gasteiger charge is 2.38. The van der Waals surface area contributed by atoms with E-state index in [0.717, 1.165) is 39.1 Å². The number of hydrogen-bond donors (Lipinski definition) is 0. The topological polar surface area (TPSA) is 65.6 Å². The van der Waals surface area contributed by atoms with Gasteiger partial charge in [-0.05, 0) is 34.8 Å². The SMILES string of the molecule is O=C1/C(=C/c2ccccc2-c2cn(C(c3ccccc3)(c3ccccc3)c3ccccc3)cn2)CCn2cnnc21. The van der Waals surface area contributed by atoms with Crippen LogP contribution in [-0.4, -0.2) is 30.1 Å². The van der Waals surface area contributed by atoms with Crippen LogP contribution in [0.3, 0.4) is 0 Å². The fourth-order valence-corrected chi connectivity index (χ4v) is 5.90. The van der Waals surface area contributed by atoms with Gasteiger partial charge in [-0.25, -0.2) is 4.98 Å². The smallest absolute Gasteiger partial charge is 0.226 e. The van der Waals surface area contributed by atoms with Crippen LogP contribution in [-0.2, 0) is 12.1 Å². The Morgan fingerprint density at radius 2 is 1.29 bits per heavy atom. The van der Waals surface area contributed by atoms with Crippen molar-refractivity contribution < 1.29 is 4.79 Å². The first-order valence-electron chi connectivity index (χ1n) is 13.7. The van der Waals surface area contributed by atoms with Gasteiger partial charge in [-0.1, -0.05) is 115 Å². The number of benzene rings is 4. The summed E-state index contributed by atoms with van der Waals surface area (Å²) in [5.41, 5.74) is 6.21. The fraction of sp³-hybridized carbons (Fsp3) is 0.0857. The Balaban J connectivity index is 1.39. The Bertz CT molecular complexity index is 1760. The van der Waals surface area contributed by atoms with Crippen molar-refractivity contribution in [3.05, 3.63) is 168 Å². The van der Waals surface area contributed by atoms with Gasteiger partial charge in [0.25, 0.3) is 0 Å². The van der Waals surface area contributed by atoms with Gasteiger partial charge in [0, 0.05) is 23.9 Å². The van der Waals surface area contributed by atoms with Crippen molar-refractivity contribution in [1.82, 2.24) is 24.3 Å². The highest BCUT2D eigenvalue weighted by atomic mass is 16.1. The summed E-state index contributed by atoms with van der Waals surface area (Å²) in [7, 11) is 0. The maximum Gasteiger partial charge on any atom is 0.226 e. The fourth-order valence-electron chi connectivity index (χ4n) is 5.90. The summed E-state index contributed by atoms with van der Waals surface area (Å²) in [5.74, 6) is 0.313. The number of hydrogen-bond acceptors (Lipinski definition) is 4. The number of carbonyl (C=O) groups excluding carboxylic acids is 1. The molecule has 6 nitrogen and oxygen atoms in total. The Hall–Kier alpha value is -5.36. The zero-order valence-corrected chi connectivity index (χ0v) is 22.3. The van der Waals surface area contributed by atoms with E-state index in [1.54, 1.807) is 6.33 Å². The molecule has 1 aliphatic rings. The second kappa shape index (κ2) is 10.3. The van der Waals surface area contributed by atoms with Gasteiger partial charge in [0.05, 0.1) is 12.0 Å². The number of Topliss-reactive ketones (excluding diaryl/α,β-unsaturated/α-hetero) is 1. The van der Waals surface area contributed by atoms with Crippen LogP contribution in [0.5, 0.6) is 0 Å². The molecule has 0 fully saturated rings. The lowest BCUT2D eigenvalue weighted by molar-refractivity contribution is 0.100. The van der Waals surface area contributed by atoms with E-state index < -0.39 is 5.54 Å². The van der Waals surface area contributed by atoms with Crippen molar-refractivity contribution in [2.45, 2.75) is 18.5 Å². The van der Waals surface area contributed by atoms with Crippen molar-refractivity contribution in [3.63, 3.8) is 0 Å². The third-order valence-electron chi connectivity index (χ3n) is 7.84. The maximum absolute atomic E-state index is 13.1. The Morgan fingerprint density at radius 1 is 0.707 bits per heavy atom. The van der Waals surface area contributed by atoms with E-state index in [0.29, 0.717) is 18.8 Å². The van der Waals surface area contributed by atoms with E-state index in [1.807, 2.05) is 53.4 Å². The van der Waals surface area contributed by atoms with E-state index >= 15 is 0 Å². The quantitative estimate of drug-likeness (QED) is 0.178. The lowest BCUT2D eigenvalue weighted by Gasteiger charge is -2.37. The summed E-state index contributed by atoms with van der Waals surface area (Å²) >= 11 is 0. The molecule has 1 aliphatic heterocycles. The molecule has 0 spiro atoms. The van der Waals surface area contributed by atoms with Crippen molar-refractivity contribution >= 4 is 11.9 Å². The molecule has 7 rings (SSSR count). The molecular weight excluding hydrogens is 506 g/mol. The van der Waals surface area contributed by atoms with Crippen LogP contribution in [0.2, 0.25) is 0 Å². The number of carbonyl (C=O) groups is 1. The summed E-state index contributed by atoms with van der Waals surface area (Å²) in [6, 6.07) is 39.7. The van der Waals surface area contributed by atoms with E-state index in [9.17, 15) is 4.79 Å². The first-order valence-corrected chi connectivity index (χ1v) is 13.7. The highest BCUT2D eigenvalue weighted by Crippen LogP contribution is 2.41. The minimum absolute atomic E-state index is 0.0784. The summed E-state index contributed by atoms with van der Waals surface area (Å²) in [4.78, 5) is 18.1. The molecule has 0 aliphatic carbocycles. The van der Waals surface area contributed by atoms with Crippen molar-refractivity contribution in [1.29, 1.82) is 0 Å². The maximum atomic E-state index is 13.1. The van der Waals surface area contributed by atoms with Crippen LogP contribution >= 0.6 is 0 Å². The molecule has 4 aromatic carbocycles. The van der Waals surface area contributed by atoms with Crippen molar-refractivity contribution in [3.8, 4) is 11.3 Å². The summed E-state index contributed by atoms with van der Waals surface area (Å²) in [6.45, 7) is 0.685. The average molecular weight is 534 g/mol. The van der Waals surface area contributed by atoms with Gasteiger partial charge in [0.1, 0.15) is 11.9 Å². The molecule has 6 aromatic rings. The molecule has 0 saturated carbocycles. The van der Waals surface area contributed by atoms with Crippen LogP contribution in [0.1, 0.15) is 39.3 Å². The van der Waals surface area contributed by atoms with Crippen LogP contribution in [0.15, 0.2) is 140 Å². The summed E-state index contributed by atoms with van der Waals surface area (Å²) in [6.07, 6.45) is 8.26. The normalized spacial score (nSPS) is 14.2. The predicted molar refractivity (Wildman–Crippen MR) is 159 cm³/mol. The number of ketones is 1. The largest absolute Gasteiger partial charge is 0.318 e. The van der Waals surface area contributed by atoms with Crippen LogP contribution in [0.4, 0.5) is 0 Å². The molecule has 2 aromatic heterocycles. The van der Waals surface area contributed by atoms with E-state index in [4.69, 9.17) is 4.98 Å². The van der Waals surface area contributed by atoms with E-state index in [1.165, 1.54) is 0 Å². The molecule has 0 bridgehead atoms. The summed E-state index contributed by atoms with van der Waals surface area (Å²) < 4.78 is 4.02. The van der Waals surface area contributed by atoms with Crippen LogP contribution < -0.4 is 0 Å². The van der Waals surface area contributed by atoms with Gasteiger partial charge in [0.2, 0.25) is 11.6 Å². The monoisotopic (exact) mass is 533 g/mol. The van der Waals surface area contributed by atoms with Gasteiger partial charge in [0.15, 0.2) is 0 Å². The third-order valence-corrected chi connectivity index (χ3v) is 7.84. The zero-order chi connectivity index (χ0) is 27.6. The Labute approximate surface area is 238 Å². The summed E-state index contributed by atoms with van der Waals surface area (Å²) in [5, 5.41) is 7.95. The Kier molecular flexibility index (Phi) is 6.21. The Morgan fingerprint density at radius 3 is 1.93 bits per heavy atom. The van der Waals surface area contributed by atoms with Crippen molar-refractivity contribution in [2.75, 3.05) is 0 Å². The van der Waals surface area contributed by atoms with E-state index in [-0.39, 0.29) is 5.78 Å². The molecule has 3 heterocycles. The lowest BCUT2D eigenvalue weighted by Crippen LogP contribution is -2.36. The van der Waals surface area contributed by atoms with Crippen LogP contribution in [0.25, 0.3) is 17.3 Å². The standard InChI is InChI=1S/C35H27N5O/c41-33-27(20-21-39-25-37-38-34(33)39)22-26-12-10-11-19-31(26)32-23-40(24-36-32)35(28-13-4-1-5-14-28,29-15-6-2-7-16-29)30-17-8-3-9-18-30/h1-19,22-25H,20-21H2/b27-22+. The predicted octanol–water partition coefficient (Wildman–Crippen LogP) is 6.65. The number of rotatable bonds is 6. The van der Waals surface area contributed by atoms with Gasteiger partial charge in [-0.3, -0.25) is 4.79 Å². The molecular formula is C35H27N5O. The van der Waals surface area contributed by atoms with Gasteiger partial charge in [-0.15, -0.1) is 10.2 Å². The lowest BCUT2D eigenvalue weighted by atomic mass is 9.77. The molecule has 0 atom stereocenters. The first-order chi connectivity index (χ1) is 20.2. The molecule has 6 heteroatoms. The minimum Gasteiger partial charge on any atom is -0.318 e. The van der Waals surface area contributed by atoms with Crippen molar-refractivity contribution in [2.24, 2.45) is 0 Å². The third kappa shape index (κ3) is 4.21. The van der Waals surface area contributed by atoms with Gasteiger partial charge >= 0.3 is 0 Å². The minimum atomic E-state index is -0.647. The second-order valence-corrected chi connectivity index (χ2v) is 10.2. The number of aromatic nitrogens is 5. The average Bonchev–Trinajstić information content (AvgIpc) is 3.72. The highest BCUT2D eigenvalue weighted by molar-refractivity contribution is 6.10. The number of imidazole rings is 1. The number of aryl methyl sites for hydroxylation is 1. The molecule has 0 N–H and O–H groups in total. The number of nitrogens with zero attached hydrogens (tertiary/aromatic N) is 5. The molecule has 0 amide bonds. The molecule has 41 heavy (non-hydrogen) atoms. The molecule has 0 radical (unpaired) electrons. The second-order valence-electron chi connectivity index (χ2n) is 10.2. The van der Waals surface area contributed by atoms with E-state index in [2.05, 4.69) is 99.8 Å². The number of allylic oxidation sites excluding steroid dienone is 1. The molecule has 0 unspecified atom stereocenters. The molecule has 198 valence electrons. The van der Waals surface area contributed by atoms with Crippen LogP contribution in [0, 0.1) is 0 Å².